The van der Waals surface area contributed by atoms with Crippen LogP contribution >= 0.6 is 12.2 Å². The molecule has 0 saturated heterocycles. The van der Waals surface area contributed by atoms with Crippen molar-refractivity contribution in [2.24, 2.45) is 5.73 Å². The zero-order valence-corrected chi connectivity index (χ0v) is 11.0. The fourth-order valence-electron chi connectivity index (χ4n) is 1.91. The summed E-state index contributed by atoms with van der Waals surface area (Å²) in [6.45, 7) is 0. The Balaban J connectivity index is 2.42. The van der Waals surface area contributed by atoms with Gasteiger partial charge < -0.3 is 10.5 Å². The Morgan fingerprint density at radius 1 is 1.11 bits per heavy atom. The van der Waals surface area contributed by atoms with Crippen molar-refractivity contribution in [3.8, 4) is 16.9 Å². The van der Waals surface area contributed by atoms with Crippen molar-refractivity contribution in [2.45, 2.75) is 6.42 Å². The molecule has 2 rings (SSSR count). The minimum absolute atomic E-state index is 0.471. The number of hydrogen-bond donors (Lipinski definition) is 1. The second-order valence-electron chi connectivity index (χ2n) is 4.04. The summed E-state index contributed by atoms with van der Waals surface area (Å²) in [4.78, 5) is 0.471. The van der Waals surface area contributed by atoms with Gasteiger partial charge in [0.05, 0.1) is 12.1 Å². The van der Waals surface area contributed by atoms with E-state index in [0.29, 0.717) is 11.4 Å². The zero-order chi connectivity index (χ0) is 13.0. The van der Waals surface area contributed by atoms with Crippen LogP contribution in [0.15, 0.2) is 48.5 Å². The van der Waals surface area contributed by atoms with Crippen LogP contribution in [0.2, 0.25) is 0 Å². The molecule has 0 heterocycles. The molecule has 0 spiro atoms. The lowest BCUT2D eigenvalue weighted by Crippen LogP contribution is -2.11. The first-order valence-corrected chi connectivity index (χ1v) is 6.12. The maximum atomic E-state index is 5.61. The quantitative estimate of drug-likeness (QED) is 0.854. The summed E-state index contributed by atoms with van der Waals surface area (Å²) < 4.78 is 5.32. The molecule has 0 aliphatic rings. The third-order valence-corrected chi connectivity index (χ3v) is 2.90. The van der Waals surface area contributed by atoms with E-state index in [1.807, 2.05) is 30.3 Å². The van der Waals surface area contributed by atoms with Gasteiger partial charge in [0, 0.05) is 12.0 Å². The van der Waals surface area contributed by atoms with E-state index >= 15 is 0 Å². The van der Waals surface area contributed by atoms with Crippen molar-refractivity contribution < 1.29 is 4.74 Å². The molecule has 0 unspecified atom stereocenters. The molecular weight excluding hydrogens is 242 g/mol. The molecule has 0 fully saturated rings. The second kappa shape index (κ2) is 5.65. The smallest absolute Gasteiger partial charge is 0.122 e. The maximum absolute atomic E-state index is 5.61. The molecule has 0 bridgehead atoms. The topological polar surface area (TPSA) is 35.2 Å². The highest BCUT2D eigenvalue weighted by Crippen LogP contribution is 2.26. The number of methoxy groups -OCH3 is 1. The summed E-state index contributed by atoms with van der Waals surface area (Å²) in [5, 5.41) is 0. The molecule has 0 saturated carbocycles. The summed E-state index contributed by atoms with van der Waals surface area (Å²) in [5.74, 6) is 0.822. The van der Waals surface area contributed by atoms with Gasteiger partial charge in [-0.05, 0) is 23.3 Å². The van der Waals surface area contributed by atoms with Crippen molar-refractivity contribution >= 4 is 17.2 Å². The van der Waals surface area contributed by atoms with Crippen LogP contribution < -0.4 is 10.5 Å². The SMILES string of the molecule is COc1ccc(-c2ccccc2)cc1CC(N)=S. The van der Waals surface area contributed by atoms with Gasteiger partial charge in [-0.1, -0.05) is 48.6 Å². The van der Waals surface area contributed by atoms with Crippen LogP contribution in [0.25, 0.3) is 11.1 Å². The van der Waals surface area contributed by atoms with Crippen LogP contribution in [0.3, 0.4) is 0 Å². The molecule has 92 valence electrons. The Morgan fingerprint density at radius 3 is 2.44 bits per heavy atom. The van der Waals surface area contributed by atoms with E-state index in [-0.39, 0.29) is 0 Å². The Labute approximate surface area is 112 Å². The lowest BCUT2D eigenvalue weighted by atomic mass is 10.0. The molecule has 2 N–H and O–H groups in total. The minimum atomic E-state index is 0.471. The normalized spacial score (nSPS) is 10.1. The first-order valence-electron chi connectivity index (χ1n) is 5.71. The van der Waals surface area contributed by atoms with Crippen LogP contribution in [0.4, 0.5) is 0 Å². The standard InChI is InChI=1S/C15H15NOS/c1-17-14-8-7-12(9-13(14)10-15(16)18)11-5-3-2-4-6-11/h2-9H,10H2,1H3,(H2,16,18). The van der Waals surface area contributed by atoms with Gasteiger partial charge in [-0.25, -0.2) is 0 Å². The number of ether oxygens (including phenoxy) is 1. The van der Waals surface area contributed by atoms with E-state index < -0.39 is 0 Å². The van der Waals surface area contributed by atoms with Crippen LogP contribution in [0, 0.1) is 0 Å². The summed E-state index contributed by atoms with van der Waals surface area (Å²) >= 11 is 4.97. The van der Waals surface area contributed by atoms with Crippen LogP contribution in [-0.2, 0) is 6.42 Å². The summed E-state index contributed by atoms with van der Waals surface area (Å²) in [5.41, 5.74) is 8.94. The van der Waals surface area contributed by atoms with Gasteiger partial charge in [0.15, 0.2) is 0 Å². The molecule has 0 aromatic heterocycles. The number of thiocarbonyl (C=S) groups is 1. The van der Waals surface area contributed by atoms with Gasteiger partial charge in [0.2, 0.25) is 0 Å². The van der Waals surface area contributed by atoms with Crippen molar-refractivity contribution in [1.82, 2.24) is 0 Å². The minimum Gasteiger partial charge on any atom is -0.496 e. The van der Waals surface area contributed by atoms with E-state index in [4.69, 9.17) is 22.7 Å². The van der Waals surface area contributed by atoms with Crippen LogP contribution in [0.1, 0.15) is 5.56 Å². The molecule has 2 aromatic carbocycles. The van der Waals surface area contributed by atoms with Gasteiger partial charge in [-0.2, -0.15) is 0 Å². The largest absolute Gasteiger partial charge is 0.496 e. The van der Waals surface area contributed by atoms with Crippen molar-refractivity contribution in [2.75, 3.05) is 7.11 Å². The molecule has 3 heteroatoms. The van der Waals surface area contributed by atoms with Crippen molar-refractivity contribution in [3.05, 3.63) is 54.1 Å². The van der Waals surface area contributed by atoms with Gasteiger partial charge in [-0.15, -0.1) is 0 Å². The highest BCUT2D eigenvalue weighted by atomic mass is 32.1. The maximum Gasteiger partial charge on any atom is 0.122 e. The fraction of sp³-hybridized carbons (Fsp3) is 0.133. The highest BCUT2D eigenvalue weighted by molar-refractivity contribution is 7.80. The van der Waals surface area contributed by atoms with Crippen molar-refractivity contribution in [3.63, 3.8) is 0 Å². The van der Waals surface area contributed by atoms with E-state index in [0.717, 1.165) is 16.9 Å². The third-order valence-electron chi connectivity index (χ3n) is 2.75. The lowest BCUT2D eigenvalue weighted by molar-refractivity contribution is 0.411. The number of rotatable bonds is 4. The molecule has 18 heavy (non-hydrogen) atoms. The first-order chi connectivity index (χ1) is 8.70. The van der Waals surface area contributed by atoms with Crippen molar-refractivity contribution in [1.29, 1.82) is 0 Å². The average Bonchev–Trinajstić information content (AvgIpc) is 2.39. The Bertz CT molecular complexity index is 552. The van der Waals surface area contributed by atoms with Crippen LogP contribution in [0.5, 0.6) is 5.75 Å². The summed E-state index contributed by atoms with van der Waals surface area (Å²) in [7, 11) is 1.65. The number of hydrogen-bond acceptors (Lipinski definition) is 2. The molecule has 0 radical (unpaired) electrons. The molecule has 0 aliphatic heterocycles. The molecule has 0 aliphatic carbocycles. The number of benzene rings is 2. The van der Waals surface area contributed by atoms with Gasteiger partial charge in [0.25, 0.3) is 0 Å². The lowest BCUT2D eigenvalue weighted by Gasteiger charge is -2.10. The monoisotopic (exact) mass is 257 g/mol. The van der Waals surface area contributed by atoms with Gasteiger partial charge in [0.1, 0.15) is 5.75 Å². The number of nitrogens with two attached hydrogens (primary N) is 1. The Hall–Kier alpha value is -1.87. The predicted molar refractivity (Wildman–Crippen MR) is 78.9 cm³/mol. The molecule has 2 aromatic rings. The van der Waals surface area contributed by atoms with Gasteiger partial charge >= 0.3 is 0 Å². The average molecular weight is 257 g/mol. The second-order valence-corrected chi connectivity index (χ2v) is 4.56. The molecular formula is C15H15NOS. The third kappa shape index (κ3) is 2.87. The fourth-order valence-corrected chi connectivity index (χ4v) is 2.07. The van der Waals surface area contributed by atoms with E-state index in [9.17, 15) is 0 Å². The molecule has 0 amide bonds. The summed E-state index contributed by atoms with van der Waals surface area (Å²) in [6, 6.07) is 16.3. The molecule has 0 atom stereocenters. The summed E-state index contributed by atoms with van der Waals surface area (Å²) in [6.07, 6.45) is 0.555. The Kier molecular flexibility index (Phi) is 3.95. The Morgan fingerprint density at radius 2 is 1.83 bits per heavy atom. The first kappa shape index (κ1) is 12.6. The zero-order valence-electron chi connectivity index (χ0n) is 10.2. The van der Waals surface area contributed by atoms with E-state index in [2.05, 4.69) is 18.2 Å². The molecule has 2 nitrogen and oxygen atoms in total. The predicted octanol–water partition coefficient (Wildman–Crippen LogP) is 3.19. The van der Waals surface area contributed by atoms with Gasteiger partial charge in [-0.3, -0.25) is 0 Å². The van der Waals surface area contributed by atoms with E-state index in [1.165, 1.54) is 5.56 Å². The van der Waals surface area contributed by atoms with Crippen LogP contribution in [-0.4, -0.2) is 12.1 Å². The highest BCUT2D eigenvalue weighted by Gasteiger charge is 2.06. The van der Waals surface area contributed by atoms with E-state index in [1.54, 1.807) is 7.11 Å².